The van der Waals surface area contributed by atoms with Gasteiger partial charge in [-0.25, -0.2) is 0 Å². The Morgan fingerprint density at radius 2 is 1.92 bits per heavy atom. The van der Waals surface area contributed by atoms with Crippen molar-refractivity contribution in [1.29, 1.82) is 0 Å². The molecule has 0 aliphatic rings. The number of nitrogens with one attached hydrogen (secondary N) is 2. The molecule has 2 rings (SSSR count). The van der Waals surface area contributed by atoms with Gasteiger partial charge in [0.15, 0.2) is 5.96 Å². The van der Waals surface area contributed by atoms with Gasteiger partial charge in [0, 0.05) is 19.6 Å². The Kier molecular flexibility index (Phi) is 8.18. The highest BCUT2D eigenvalue weighted by Crippen LogP contribution is 2.07. The summed E-state index contributed by atoms with van der Waals surface area (Å²) >= 11 is 0. The fourth-order valence-corrected chi connectivity index (χ4v) is 2.13. The molecule has 2 aromatic rings. The summed E-state index contributed by atoms with van der Waals surface area (Å²) in [6, 6.07) is 9.82. The molecular formula is C17H26N6O. The number of aryl methyl sites for hydroxylation is 1. The summed E-state index contributed by atoms with van der Waals surface area (Å²) in [6.07, 6.45) is 5.55. The average molecular weight is 330 g/mol. The minimum Gasteiger partial charge on any atom is -0.492 e. The molecule has 0 unspecified atom stereocenters. The van der Waals surface area contributed by atoms with Crippen LogP contribution in [0.5, 0.6) is 5.75 Å². The Morgan fingerprint density at radius 3 is 2.67 bits per heavy atom. The van der Waals surface area contributed by atoms with E-state index in [1.54, 1.807) is 12.7 Å². The van der Waals surface area contributed by atoms with E-state index in [0.29, 0.717) is 13.2 Å². The van der Waals surface area contributed by atoms with Gasteiger partial charge in [0.1, 0.15) is 25.0 Å². The molecule has 7 heteroatoms. The molecule has 0 fully saturated rings. The summed E-state index contributed by atoms with van der Waals surface area (Å²) in [4.78, 5) is 4.58. The third-order valence-electron chi connectivity index (χ3n) is 3.31. The van der Waals surface area contributed by atoms with E-state index in [9.17, 15) is 0 Å². The molecule has 0 atom stereocenters. The summed E-state index contributed by atoms with van der Waals surface area (Å²) in [5.74, 6) is 1.72. The van der Waals surface area contributed by atoms with E-state index in [4.69, 9.17) is 4.74 Å². The Morgan fingerprint density at radius 1 is 1.12 bits per heavy atom. The molecule has 0 aliphatic heterocycles. The second-order valence-electron chi connectivity index (χ2n) is 5.26. The monoisotopic (exact) mass is 330 g/mol. The number of unbranched alkanes of at least 4 members (excludes halogenated alkanes) is 1. The summed E-state index contributed by atoms with van der Waals surface area (Å²) in [7, 11) is 0. The van der Waals surface area contributed by atoms with E-state index in [1.165, 1.54) is 0 Å². The number of guanidine groups is 1. The minimum absolute atomic E-state index is 0.599. The van der Waals surface area contributed by atoms with Crippen LogP contribution in [0.1, 0.15) is 19.8 Å². The third-order valence-corrected chi connectivity index (χ3v) is 3.31. The van der Waals surface area contributed by atoms with Gasteiger partial charge >= 0.3 is 0 Å². The normalized spacial score (nSPS) is 11.3. The zero-order chi connectivity index (χ0) is 16.9. The first-order valence-corrected chi connectivity index (χ1v) is 8.41. The van der Waals surface area contributed by atoms with E-state index < -0.39 is 0 Å². The first-order chi connectivity index (χ1) is 11.9. The zero-order valence-electron chi connectivity index (χ0n) is 14.2. The van der Waals surface area contributed by atoms with Crippen molar-refractivity contribution in [2.24, 2.45) is 4.99 Å². The van der Waals surface area contributed by atoms with Gasteiger partial charge in [0.2, 0.25) is 0 Å². The van der Waals surface area contributed by atoms with E-state index >= 15 is 0 Å². The molecule has 2 N–H and O–H groups in total. The molecule has 7 nitrogen and oxygen atoms in total. The Bertz CT molecular complexity index is 570. The summed E-state index contributed by atoms with van der Waals surface area (Å²) < 4.78 is 7.64. The smallest absolute Gasteiger partial charge is 0.191 e. The van der Waals surface area contributed by atoms with Crippen LogP contribution >= 0.6 is 0 Å². The van der Waals surface area contributed by atoms with E-state index in [0.717, 1.165) is 44.2 Å². The predicted octanol–water partition coefficient (Wildman–Crippen LogP) is 1.69. The summed E-state index contributed by atoms with van der Waals surface area (Å²) in [5.41, 5.74) is 0. The van der Waals surface area contributed by atoms with Gasteiger partial charge in [-0.3, -0.25) is 4.99 Å². The number of ether oxygens (including phenoxy) is 1. The number of hydrogen-bond acceptors (Lipinski definition) is 4. The maximum absolute atomic E-state index is 5.66. The number of aromatic nitrogens is 3. The highest BCUT2D eigenvalue weighted by atomic mass is 16.5. The Balaban J connectivity index is 1.60. The van der Waals surface area contributed by atoms with Gasteiger partial charge in [0.25, 0.3) is 0 Å². The summed E-state index contributed by atoms with van der Waals surface area (Å²) in [6.45, 7) is 5.92. The number of rotatable bonds is 10. The van der Waals surface area contributed by atoms with E-state index in [1.807, 2.05) is 34.9 Å². The number of hydrogen-bond donors (Lipinski definition) is 2. The molecule has 0 radical (unpaired) electrons. The molecular weight excluding hydrogens is 304 g/mol. The first kappa shape index (κ1) is 17.8. The van der Waals surface area contributed by atoms with Crippen LogP contribution in [0.3, 0.4) is 0 Å². The molecule has 24 heavy (non-hydrogen) atoms. The lowest BCUT2D eigenvalue weighted by Gasteiger charge is -2.12. The molecule has 0 amide bonds. The largest absolute Gasteiger partial charge is 0.492 e. The Hall–Kier alpha value is -2.57. The maximum Gasteiger partial charge on any atom is 0.191 e. The zero-order valence-corrected chi connectivity index (χ0v) is 14.2. The fraction of sp³-hybridized carbons (Fsp3) is 0.471. The van der Waals surface area contributed by atoms with Crippen molar-refractivity contribution >= 4 is 5.96 Å². The van der Waals surface area contributed by atoms with Crippen molar-refractivity contribution in [3.8, 4) is 5.75 Å². The van der Waals surface area contributed by atoms with Crippen molar-refractivity contribution in [3.05, 3.63) is 43.0 Å². The SMILES string of the molecule is CCNC(=NCCCCn1cnnc1)NCCOc1ccccc1. The number of nitrogens with zero attached hydrogens (tertiary/aromatic N) is 4. The van der Waals surface area contributed by atoms with Crippen molar-refractivity contribution in [2.45, 2.75) is 26.3 Å². The molecule has 0 saturated heterocycles. The van der Waals surface area contributed by atoms with Crippen LogP contribution in [-0.4, -0.2) is 47.0 Å². The van der Waals surface area contributed by atoms with Crippen molar-refractivity contribution in [1.82, 2.24) is 25.4 Å². The topological polar surface area (TPSA) is 76.4 Å². The fourth-order valence-electron chi connectivity index (χ4n) is 2.13. The van der Waals surface area contributed by atoms with Gasteiger partial charge in [-0.15, -0.1) is 10.2 Å². The lowest BCUT2D eigenvalue weighted by Crippen LogP contribution is -2.39. The van der Waals surface area contributed by atoms with Gasteiger partial charge in [-0.1, -0.05) is 18.2 Å². The molecule has 0 saturated carbocycles. The quantitative estimate of drug-likeness (QED) is 0.394. The maximum atomic E-state index is 5.66. The highest BCUT2D eigenvalue weighted by Gasteiger charge is 1.98. The molecule has 1 aromatic heterocycles. The molecule has 0 spiro atoms. The Labute approximate surface area is 143 Å². The van der Waals surface area contributed by atoms with Crippen LogP contribution in [0, 0.1) is 0 Å². The van der Waals surface area contributed by atoms with Gasteiger partial charge in [-0.05, 0) is 31.9 Å². The second-order valence-corrected chi connectivity index (χ2v) is 5.26. The van der Waals surface area contributed by atoms with Crippen LogP contribution in [-0.2, 0) is 6.54 Å². The van der Waals surface area contributed by atoms with Crippen LogP contribution in [0.25, 0.3) is 0 Å². The molecule has 1 aromatic carbocycles. The lowest BCUT2D eigenvalue weighted by atomic mass is 10.3. The van der Waals surface area contributed by atoms with Crippen molar-refractivity contribution in [3.63, 3.8) is 0 Å². The number of benzene rings is 1. The van der Waals surface area contributed by atoms with Crippen LogP contribution in [0.4, 0.5) is 0 Å². The van der Waals surface area contributed by atoms with Crippen LogP contribution in [0.2, 0.25) is 0 Å². The van der Waals surface area contributed by atoms with Gasteiger partial charge in [0.05, 0.1) is 6.54 Å². The van der Waals surface area contributed by atoms with Crippen molar-refractivity contribution < 1.29 is 4.74 Å². The highest BCUT2D eigenvalue weighted by molar-refractivity contribution is 5.79. The first-order valence-electron chi connectivity index (χ1n) is 8.41. The van der Waals surface area contributed by atoms with Gasteiger partial charge in [-0.2, -0.15) is 0 Å². The molecule has 0 bridgehead atoms. The minimum atomic E-state index is 0.599. The number of aliphatic imine (C=N–C) groups is 1. The standard InChI is InChI=1S/C17H26N6O/c1-2-18-17(19-10-6-7-12-23-14-21-22-15-23)20-11-13-24-16-8-4-3-5-9-16/h3-5,8-9,14-15H,2,6-7,10-13H2,1H3,(H2,18,19,20). The average Bonchev–Trinajstić information content (AvgIpc) is 3.12. The van der Waals surface area contributed by atoms with Crippen molar-refractivity contribution in [2.75, 3.05) is 26.2 Å². The lowest BCUT2D eigenvalue weighted by molar-refractivity contribution is 0.322. The van der Waals surface area contributed by atoms with E-state index in [2.05, 4.69) is 32.7 Å². The second kappa shape index (κ2) is 11.0. The molecule has 130 valence electrons. The molecule has 1 heterocycles. The third kappa shape index (κ3) is 7.13. The predicted molar refractivity (Wildman–Crippen MR) is 95.2 cm³/mol. The van der Waals surface area contributed by atoms with E-state index in [-0.39, 0.29) is 0 Å². The number of para-hydroxylation sites is 1. The summed E-state index contributed by atoms with van der Waals surface area (Å²) in [5, 5.41) is 14.1. The van der Waals surface area contributed by atoms with Crippen LogP contribution < -0.4 is 15.4 Å². The van der Waals surface area contributed by atoms with Gasteiger partial charge < -0.3 is 19.9 Å². The van der Waals surface area contributed by atoms with Crippen LogP contribution in [0.15, 0.2) is 48.0 Å². The molecule has 0 aliphatic carbocycles.